The third-order valence-corrected chi connectivity index (χ3v) is 7.05. The summed E-state index contributed by atoms with van der Waals surface area (Å²) < 4.78 is 1.75. The summed E-state index contributed by atoms with van der Waals surface area (Å²) in [5.74, 6) is 0.393. The van der Waals surface area contributed by atoms with Crippen molar-refractivity contribution in [3.63, 3.8) is 0 Å². The number of Topliss-reactive ketones (excluding diaryl/α,β-unsaturated/α-hetero) is 1. The number of halogens is 1. The van der Waals surface area contributed by atoms with E-state index >= 15 is 0 Å². The van der Waals surface area contributed by atoms with E-state index in [0.717, 1.165) is 69.6 Å². The van der Waals surface area contributed by atoms with E-state index in [-0.39, 0.29) is 11.7 Å². The summed E-state index contributed by atoms with van der Waals surface area (Å²) in [6.07, 6.45) is 8.02. The van der Waals surface area contributed by atoms with Gasteiger partial charge in [0.1, 0.15) is 6.07 Å². The molecule has 2 aliphatic rings. The van der Waals surface area contributed by atoms with Crippen LogP contribution in [0.3, 0.4) is 0 Å². The first-order chi connectivity index (χ1) is 13.9. The fraction of sp³-hybridized carbons (Fsp3) is 0.522. The number of aromatic nitrogens is 1. The van der Waals surface area contributed by atoms with E-state index in [1.54, 1.807) is 6.20 Å². The van der Waals surface area contributed by atoms with Crippen molar-refractivity contribution >= 4 is 38.3 Å². The van der Waals surface area contributed by atoms with Gasteiger partial charge in [-0.2, -0.15) is 5.26 Å². The molecule has 0 saturated heterocycles. The minimum Gasteiger partial charge on any atom is -0.381 e. The SMILES string of the molecule is C[N+](C)(CC#N)[C@H]1CC[C@H](Nc2c(C(=O)C3CC3)cnc3ccc(Br)cc23)CC1. The second kappa shape index (κ2) is 8.04. The number of carbonyl (C=O) groups excluding carboxylic acids is 1. The van der Waals surface area contributed by atoms with Crippen LogP contribution in [0.15, 0.2) is 28.9 Å². The lowest BCUT2D eigenvalue weighted by Crippen LogP contribution is -2.51. The molecule has 29 heavy (non-hydrogen) atoms. The summed E-state index contributed by atoms with van der Waals surface area (Å²) in [4.78, 5) is 17.5. The quantitative estimate of drug-likeness (QED) is 0.381. The molecular formula is C23H28BrN4O+. The highest BCUT2D eigenvalue weighted by Gasteiger charge is 2.35. The number of benzene rings is 1. The van der Waals surface area contributed by atoms with Gasteiger partial charge >= 0.3 is 0 Å². The molecule has 0 atom stereocenters. The fourth-order valence-corrected chi connectivity index (χ4v) is 4.87. The van der Waals surface area contributed by atoms with Crippen LogP contribution >= 0.6 is 15.9 Å². The fourth-order valence-electron chi connectivity index (χ4n) is 4.51. The van der Waals surface area contributed by atoms with Gasteiger partial charge in [0.05, 0.1) is 36.9 Å². The van der Waals surface area contributed by atoms with Crippen molar-refractivity contribution in [2.45, 2.75) is 50.6 Å². The second-order valence-electron chi connectivity index (χ2n) is 9.09. The summed E-state index contributed by atoms with van der Waals surface area (Å²) >= 11 is 3.57. The molecule has 0 unspecified atom stereocenters. The van der Waals surface area contributed by atoms with Crippen LogP contribution in [-0.2, 0) is 0 Å². The Morgan fingerprint density at radius 1 is 1.24 bits per heavy atom. The van der Waals surface area contributed by atoms with Crippen molar-refractivity contribution in [1.82, 2.24) is 4.98 Å². The van der Waals surface area contributed by atoms with Crippen LogP contribution in [-0.4, -0.2) is 48.0 Å². The van der Waals surface area contributed by atoms with Gasteiger partial charge in [0.25, 0.3) is 0 Å². The van der Waals surface area contributed by atoms with Crippen LogP contribution in [0.5, 0.6) is 0 Å². The van der Waals surface area contributed by atoms with Crippen molar-refractivity contribution < 1.29 is 9.28 Å². The summed E-state index contributed by atoms with van der Waals surface area (Å²) in [5, 5.41) is 13.9. The van der Waals surface area contributed by atoms with E-state index in [1.807, 2.05) is 12.1 Å². The third-order valence-electron chi connectivity index (χ3n) is 6.56. The maximum absolute atomic E-state index is 12.9. The van der Waals surface area contributed by atoms with Crippen LogP contribution in [0.4, 0.5) is 5.69 Å². The summed E-state index contributed by atoms with van der Waals surface area (Å²) in [6, 6.07) is 9.22. The Morgan fingerprint density at radius 2 is 1.97 bits per heavy atom. The van der Waals surface area contributed by atoms with Crippen LogP contribution in [0.25, 0.3) is 10.9 Å². The predicted octanol–water partition coefficient (Wildman–Crippen LogP) is 4.91. The minimum atomic E-state index is 0.168. The molecule has 152 valence electrons. The highest BCUT2D eigenvalue weighted by molar-refractivity contribution is 9.10. The van der Waals surface area contributed by atoms with Crippen LogP contribution in [0.1, 0.15) is 48.9 Å². The molecule has 2 aliphatic carbocycles. The average molecular weight is 456 g/mol. The van der Waals surface area contributed by atoms with Gasteiger partial charge in [0, 0.05) is 40.9 Å². The molecule has 4 rings (SSSR count). The number of nitrogens with one attached hydrogen (secondary N) is 1. The Kier molecular flexibility index (Phi) is 5.63. The average Bonchev–Trinajstić information content (AvgIpc) is 3.53. The molecule has 0 amide bonds. The molecule has 0 spiro atoms. The molecule has 5 nitrogen and oxygen atoms in total. The van der Waals surface area contributed by atoms with Gasteiger partial charge < -0.3 is 9.80 Å². The molecule has 2 fully saturated rings. The Morgan fingerprint density at radius 3 is 2.62 bits per heavy atom. The van der Waals surface area contributed by atoms with Crippen molar-refractivity contribution in [2.24, 2.45) is 5.92 Å². The van der Waals surface area contributed by atoms with E-state index in [9.17, 15) is 4.79 Å². The molecule has 0 radical (unpaired) electrons. The number of fused-ring (bicyclic) bond motifs is 1. The number of rotatable bonds is 6. The number of carbonyl (C=O) groups is 1. The number of nitriles is 1. The molecule has 0 bridgehead atoms. The van der Waals surface area contributed by atoms with E-state index in [1.165, 1.54) is 0 Å². The van der Waals surface area contributed by atoms with E-state index in [4.69, 9.17) is 5.26 Å². The van der Waals surface area contributed by atoms with Gasteiger partial charge in [-0.05, 0) is 43.9 Å². The van der Waals surface area contributed by atoms with E-state index in [2.05, 4.69) is 52.5 Å². The topological polar surface area (TPSA) is 65.8 Å². The van der Waals surface area contributed by atoms with Crippen molar-refractivity contribution in [2.75, 3.05) is 26.0 Å². The lowest BCUT2D eigenvalue weighted by molar-refractivity contribution is -0.909. The maximum Gasteiger partial charge on any atom is 0.169 e. The first kappa shape index (κ1) is 20.3. The first-order valence-corrected chi connectivity index (χ1v) is 11.3. The second-order valence-corrected chi connectivity index (χ2v) is 10.0. The van der Waals surface area contributed by atoms with Crippen molar-refractivity contribution in [3.8, 4) is 6.07 Å². The monoisotopic (exact) mass is 455 g/mol. The standard InChI is InChI=1S/C23H27BrN4O/c1-28(2,12-11-25)18-8-6-17(7-9-18)27-22-19-13-16(24)5-10-21(19)26-14-20(22)23(29)15-3-4-15/h5,10,13-15,17-18H,3-4,6-9,12H2,1-2H3/p+1/t17-,18-. The van der Waals surface area contributed by atoms with Gasteiger partial charge in [-0.3, -0.25) is 9.78 Å². The summed E-state index contributed by atoms with van der Waals surface area (Å²) in [6.45, 7) is 0.547. The van der Waals surface area contributed by atoms with Gasteiger partial charge in [0.2, 0.25) is 0 Å². The predicted molar refractivity (Wildman–Crippen MR) is 119 cm³/mol. The molecular weight excluding hydrogens is 428 g/mol. The molecule has 2 aromatic rings. The number of hydrogen-bond acceptors (Lipinski definition) is 4. The Hall–Kier alpha value is -1.97. The van der Waals surface area contributed by atoms with Gasteiger partial charge in [0.15, 0.2) is 12.3 Å². The zero-order valence-corrected chi connectivity index (χ0v) is 18.7. The Labute approximate surface area is 180 Å². The summed E-state index contributed by atoms with van der Waals surface area (Å²) in [7, 11) is 4.31. The number of hydrogen-bond donors (Lipinski definition) is 1. The molecule has 1 heterocycles. The number of ketones is 1. The Balaban J connectivity index is 1.59. The number of pyridine rings is 1. The van der Waals surface area contributed by atoms with Gasteiger partial charge in [-0.25, -0.2) is 0 Å². The van der Waals surface area contributed by atoms with Gasteiger partial charge in [-0.15, -0.1) is 0 Å². The largest absolute Gasteiger partial charge is 0.381 e. The molecule has 2 saturated carbocycles. The van der Waals surface area contributed by atoms with Crippen LogP contribution in [0, 0.1) is 17.2 Å². The molecule has 0 aliphatic heterocycles. The normalized spacial score (nSPS) is 22.3. The molecule has 1 aromatic carbocycles. The maximum atomic E-state index is 12.9. The van der Waals surface area contributed by atoms with E-state index in [0.29, 0.717) is 18.6 Å². The first-order valence-electron chi connectivity index (χ1n) is 10.5. The smallest absolute Gasteiger partial charge is 0.169 e. The highest BCUT2D eigenvalue weighted by atomic mass is 79.9. The van der Waals surface area contributed by atoms with Crippen molar-refractivity contribution in [1.29, 1.82) is 5.26 Å². The third kappa shape index (κ3) is 4.31. The van der Waals surface area contributed by atoms with Crippen molar-refractivity contribution in [3.05, 3.63) is 34.4 Å². The molecule has 1 N–H and O–H groups in total. The number of nitrogens with zero attached hydrogens (tertiary/aromatic N) is 3. The number of quaternary nitrogens is 1. The lowest BCUT2D eigenvalue weighted by Gasteiger charge is -2.40. The van der Waals surface area contributed by atoms with Crippen LogP contribution < -0.4 is 5.32 Å². The zero-order valence-electron chi connectivity index (χ0n) is 17.1. The zero-order chi connectivity index (χ0) is 20.6. The van der Waals surface area contributed by atoms with Crippen LogP contribution in [0.2, 0.25) is 0 Å². The van der Waals surface area contributed by atoms with Gasteiger partial charge in [-0.1, -0.05) is 15.9 Å². The molecule has 6 heteroatoms. The lowest BCUT2D eigenvalue weighted by atomic mass is 9.88. The van der Waals surface area contributed by atoms with E-state index < -0.39 is 0 Å². The number of anilines is 1. The summed E-state index contributed by atoms with van der Waals surface area (Å²) in [5.41, 5.74) is 2.59. The molecule has 1 aromatic heterocycles. The minimum absolute atomic E-state index is 0.168. The Bertz CT molecular complexity index is 969. The highest BCUT2D eigenvalue weighted by Crippen LogP contribution is 2.38.